The summed E-state index contributed by atoms with van der Waals surface area (Å²) in [5, 5.41) is 31.9. The number of hydrogen-bond donors (Lipinski definition) is 4. The van der Waals surface area contributed by atoms with Crippen LogP contribution in [0.25, 0.3) is 0 Å². The molecule has 1 aliphatic heterocycles. The summed E-state index contributed by atoms with van der Waals surface area (Å²) in [4.78, 5) is 23.1. The van der Waals surface area contributed by atoms with E-state index in [4.69, 9.17) is 9.47 Å². The van der Waals surface area contributed by atoms with E-state index in [-0.39, 0.29) is 11.5 Å². The van der Waals surface area contributed by atoms with Gasteiger partial charge in [0.25, 0.3) is 0 Å². The van der Waals surface area contributed by atoms with Gasteiger partial charge in [-0.15, -0.1) is 0 Å². The number of aliphatic hydroxyl groups is 3. The van der Waals surface area contributed by atoms with Crippen molar-refractivity contribution in [2.24, 2.45) is 0 Å². The van der Waals surface area contributed by atoms with E-state index in [2.05, 4.69) is 5.32 Å². The summed E-state index contributed by atoms with van der Waals surface area (Å²) < 4.78 is 11.1. The van der Waals surface area contributed by atoms with Crippen molar-refractivity contribution in [3.63, 3.8) is 0 Å². The molecule has 24 heavy (non-hydrogen) atoms. The standard InChI is InChI=1S/C16H21NO7/c1-8(19)10-5-3-4-6-11(10)23-16-13(17-9(2)20)15(22)14(21)12(7-18)24-16/h3-6,12-16,18,21-22H,7H2,1-2H3,(H,17,20)/t12-,13+,14-,15-,16-/m1/s1. The predicted octanol–water partition coefficient (Wildman–Crippen LogP) is -0.788. The molecule has 1 fully saturated rings. The first kappa shape index (κ1) is 18.3. The second kappa shape index (κ2) is 7.71. The normalized spacial score (nSPS) is 29.8. The van der Waals surface area contributed by atoms with Gasteiger partial charge >= 0.3 is 0 Å². The van der Waals surface area contributed by atoms with Crippen LogP contribution in [-0.4, -0.2) is 64.3 Å². The van der Waals surface area contributed by atoms with Crippen LogP contribution in [0, 0.1) is 0 Å². The molecule has 1 saturated heterocycles. The average Bonchev–Trinajstić information content (AvgIpc) is 2.54. The van der Waals surface area contributed by atoms with Gasteiger partial charge in [-0.2, -0.15) is 0 Å². The van der Waals surface area contributed by atoms with Crippen LogP contribution in [0.3, 0.4) is 0 Å². The van der Waals surface area contributed by atoms with E-state index < -0.39 is 43.2 Å². The fourth-order valence-corrected chi connectivity index (χ4v) is 2.56. The highest BCUT2D eigenvalue weighted by molar-refractivity contribution is 5.96. The van der Waals surface area contributed by atoms with E-state index in [1.54, 1.807) is 24.3 Å². The maximum atomic E-state index is 11.7. The number of amides is 1. The van der Waals surface area contributed by atoms with Crippen LogP contribution in [0.4, 0.5) is 0 Å². The van der Waals surface area contributed by atoms with E-state index in [0.29, 0.717) is 5.56 Å². The smallest absolute Gasteiger partial charge is 0.223 e. The molecule has 2 rings (SSSR count). The zero-order valence-electron chi connectivity index (χ0n) is 13.4. The number of ketones is 1. The Morgan fingerprint density at radius 2 is 1.88 bits per heavy atom. The third-order valence-corrected chi connectivity index (χ3v) is 3.76. The number of nitrogens with one attached hydrogen (secondary N) is 1. The zero-order valence-corrected chi connectivity index (χ0v) is 13.4. The minimum Gasteiger partial charge on any atom is -0.462 e. The van der Waals surface area contributed by atoms with Crippen molar-refractivity contribution in [2.45, 2.75) is 44.5 Å². The number of benzene rings is 1. The molecule has 5 atom stereocenters. The Labute approximate surface area is 139 Å². The van der Waals surface area contributed by atoms with Crippen molar-refractivity contribution in [3.05, 3.63) is 29.8 Å². The lowest BCUT2D eigenvalue weighted by atomic mass is 9.97. The molecule has 8 nitrogen and oxygen atoms in total. The van der Waals surface area contributed by atoms with E-state index in [0.717, 1.165) is 0 Å². The Kier molecular flexibility index (Phi) is 5.89. The summed E-state index contributed by atoms with van der Waals surface area (Å²) in [5.41, 5.74) is 0.309. The third-order valence-electron chi connectivity index (χ3n) is 3.76. The number of ether oxygens (including phenoxy) is 2. The SMILES string of the molecule is CC(=O)N[C@@H]1[C@H](Oc2ccccc2C(C)=O)O[C@H](CO)[C@@H](O)[C@@H]1O. The van der Waals surface area contributed by atoms with Gasteiger partial charge in [0.1, 0.15) is 30.1 Å². The van der Waals surface area contributed by atoms with Crippen LogP contribution in [0.15, 0.2) is 24.3 Å². The molecular formula is C16H21NO7. The van der Waals surface area contributed by atoms with Crippen LogP contribution >= 0.6 is 0 Å². The van der Waals surface area contributed by atoms with Gasteiger partial charge in [-0.3, -0.25) is 9.59 Å². The first-order valence-electron chi connectivity index (χ1n) is 7.51. The third kappa shape index (κ3) is 3.90. The Hall–Kier alpha value is -2.00. The molecule has 0 spiro atoms. The summed E-state index contributed by atoms with van der Waals surface area (Å²) in [5.74, 6) is -0.465. The molecule has 1 aliphatic rings. The lowest BCUT2D eigenvalue weighted by molar-refractivity contribution is -0.244. The molecule has 4 N–H and O–H groups in total. The van der Waals surface area contributed by atoms with Gasteiger partial charge in [0.05, 0.1) is 12.2 Å². The van der Waals surface area contributed by atoms with Gasteiger partial charge in [-0.05, 0) is 19.1 Å². The van der Waals surface area contributed by atoms with Crippen LogP contribution in [0.5, 0.6) is 5.75 Å². The molecular weight excluding hydrogens is 318 g/mol. The quantitative estimate of drug-likeness (QED) is 0.518. The highest BCUT2D eigenvalue weighted by atomic mass is 16.7. The van der Waals surface area contributed by atoms with Crippen molar-refractivity contribution in [3.8, 4) is 5.75 Å². The molecule has 132 valence electrons. The van der Waals surface area contributed by atoms with Gasteiger partial charge in [-0.1, -0.05) is 12.1 Å². The van der Waals surface area contributed by atoms with Crippen LogP contribution in [-0.2, 0) is 9.53 Å². The highest BCUT2D eigenvalue weighted by Crippen LogP contribution is 2.26. The minimum atomic E-state index is -1.41. The summed E-state index contributed by atoms with van der Waals surface area (Å²) in [6.45, 7) is 2.08. The van der Waals surface area contributed by atoms with Crippen LogP contribution in [0.1, 0.15) is 24.2 Å². The first-order valence-corrected chi connectivity index (χ1v) is 7.51. The molecule has 8 heteroatoms. The fourth-order valence-electron chi connectivity index (χ4n) is 2.56. The summed E-state index contributed by atoms with van der Waals surface area (Å²) in [6, 6.07) is 5.39. The summed E-state index contributed by atoms with van der Waals surface area (Å²) in [6.07, 6.45) is -5.08. The van der Waals surface area contributed by atoms with Crippen molar-refractivity contribution >= 4 is 11.7 Å². The molecule has 1 aromatic rings. The van der Waals surface area contributed by atoms with Crippen LogP contribution < -0.4 is 10.1 Å². The summed E-state index contributed by atoms with van der Waals surface area (Å²) in [7, 11) is 0. The average molecular weight is 339 g/mol. The molecule has 0 aliphatic carbocycles. The van der Waals surface area contributed by atoms with E-state index in [1.807, 2.05) is 0 Å². The van der Waals surface area contributed by atoms with Crippen molar-refractivity contribution in [2.75, 3.05) is 6.61 Å². The number of Topliss-reactive ketones (excluding diaryl/α,β-unsaturated/α-hetero) is 1. The Morgan fingerprint density at radius 1 is 1.21 bits per heavy atom. The highest BCUT2D eigenvalue weighted by Gasteiger charge is 2.46. The predicted molar refractivity (Wildman–Crippen MR) is 82.4 cm³/mol. The van der Waals surface area contributed by atoms with Gasteiger partial charge in [0.2, 0.25) is 12.2 Å². The molecule has 1 heterocycles. The monoisotopic (exact) mass is 339 g/mol. The summed E-state index contributed by atoms with van der Waals surface area (Å²) >= 11 is 0. The number of aliphatic hydroxyl groups excluding tert-OH is 3. The Morgan fingerprint density at radius 3 is 2.46 bits per heavy atom. The number of carbonyl (C=O) groups excluding carboxylic acids is 2. The van der Waals surface area contributed by atoms with Crippen molar-refractivity contribution in [1.82, 2.24) is 5.32 Å². The second-order valence-electron chi connectivity index (χ2n) is 5.60. The maximum Gasteiger partial charge on any atom is 0.223 e. The molecule has 0 radical (unpaired) electrons. The second-order valence-corrected chi connectivity index (χ2v) is 5.60. The van der Waals surface area contributed by atoms with Gasteiger partial charge in [-0.25, -0.2) is 0 Å². The fraction of sp³-hybridized carbons (Fsp3) is 0.500. The maximum absolute atomic E-state index is 11.7. The number of para-hydroxylation sites is 1. The molecule has 0 bridgehead atoms. The number of hydrogen-bond acceptors (Lipinski definition) is 7. The molecule has 0 aromatic heterocycles. The largest absolute Gasteiger partial charge is 0.462 e. The zero-order chi connectivity index (χ0) is 17.9. The lowest BCUT2D eigenvalue weighted by Gasteiger charge is -2.42. The van der Waals surface area contributed by atoms with Gasteiger partial charge < -0.3 is 30.1 Å². The Balaban J connectivity index is 2.30. The first-order chi connectivity index (χ1) is 11.3. The van der Waals surface area contributed by atoms with Crippen molar-refractivity contribution < 1.29 is 34.4 Å². The van der Waals surface area contributed by atoms with Gasteiger partial charge in [0, 0.05) is 6.92 Å². The topological polar surface area (TPSA) is 125 Å². The molecule has 1 amide bonds. The number of carbonyl (C=O) groups is 2. The van der Waals surface area contributed by atoms with E-state index in [1.165, 1.54) is 13.8 Å². The van der Waals surface area contributed by atoms with Crippen molar-refractivity contribution in [1.29, 1.82) is 0 Å². The molecule has 0 unspecified atom stereocenters. The van der Waals surface area contributed by atoms with Crippen LogP contribution in [0.2, 0.25) is 0 Å². The minimum absolute atomic E-state index is 0.214. The molecule has 0 saturated carbocycles. The Bertz CT molecular complexity index is 606. The van der Waals surface area contributed by atoms with E-state index >= 15 is 0 Å². The molecule has 1 aromatic carbocycles. The van der Waals surface area contributed by atoms with Gasteiger partial charge in [0.15, 0.2) is 5.78 Å². The number of rotatable bonds is 5. The lowest BCUT2D eigenvalue weighted by Crippen LogP contribution is -2.65. The van der Waals surface area contributed by atoms with E-state index in [9.17, 15) is 24.9 Å².